The van der Waals surface area contributed by atoms with E-state index >= 15 is 0 Å². The summed E-state index contributed by atoms with van der Waals surface area (Å²) in [6.07, 6.45) is 2.84. The monoisotopic (exact) mass is 354 g/mol. The standard InChI is InChI=1S/C19H22N4O3/c1-3-17(24)21-11-13-10-15-16(22-18(13)26-2)12-23(19(15)25)9-7-14-6-4-5-8-20-14/h4-6,8,10H,3,7,9,11-12H2,1-2H3,(H,21,24). The lowest BCUT2D eigenvalue weighted by atomic mass is 10.1. The third kappa shape index (κ3) is 3.82. The summed E-state index contributed by atoms with van der Waals surface area (Å²) in [6.45, 7) is 3.11. The molecule has 136 valence electrons. The zero-order valence-corrected chi connectivity index (χ0v) is 15.0. The lowest BCUT2D eigenvalue weighted by Crippen LogP contribution is -2.26. The van der Waals surface area contributed by atoms with Crippen LogP contribution in [0.4, 0.5) is 0 Å². The van der Waals surface area contributed by atoms with E-state index in [1.165, 1.54) is 7.11 Å². The van der Waals surface area contributed by atoms with Gasteiger partial charge in [0.15, 0.2) is 0 Å². The number of carbonyl (C=O) groups excluding carboxylic acids is 2. The Morgan fingerprint density at radius 2 is 2.23 bits per heavy atom. The van der Waals surface area contributed by atoms with Crippen molar-refractivity contribution in [1.29, 1.82) is 0 Å². The lowest BCUT2D eigenvalue weighted by molar-refractivity contribution is -0.120. The van der Waals surface area contributed by atoms with Crippen molar-refractivity contribution in [3.05, 3.63) is 53.0 Å². The molecule has 0 saturated carbocycles. The van der Waals surface area contributed by atoms with E-state index in [4.69, 9.17) is 4.74 Å². The number of hydrogen-bond donors (Lipinski definition) is 1. The Balaban J connectivity index is 1.73. The van der Waals surface area contributed by atoms with Gasteiger partial charge in [0.2, 0.25) is 11.8 Å². The summed E-state index contributed by atoms with van der Waals surface area (Å²) in [5, 5.41) is 2.80. The van der Waals surface area contributed by atoms with Crippen molar-refractivity contribution in [1.82, 2.24) is 20.2 Å². The van der Waals surface area contributed by atoms with E-state index in [1.54, 1.807) is 24.1 Å². The summed E-state index contributed by atoms with van der Waals surface area (Å²) >= 11 is 0. The molecule has 26 heavy (non-hydrogen) atoms. The molecule has 0 aliphatic carbocycles. The number of pyridine rings is 2. The first-order valence-corrected chi connectivity index (χ1v) is 8.65. The van der Waals surface area contributed by atoms with E-state index in [9.17, 15) is 9.59 Å². The molecule has 0 bridgehead atoms. The van der Waals surface area contributed by atoms with Crippen LogP contribution in [0, 0.1) is 0 Å². The molecular weight excluding hydrogens is 332 g/mol. The fourth-order valence-corrected chi connectivity index (χ4v) is 2.90. The molecule has 2 aromatic rings. The number of ether oxygens (including phenoxy) is 1. The van der Waals surface area contributed by atoms with Gasteiger partial charge in [0, 0.05) is 43.4 Å². The van der Waals surface area contributed by atoms with Crippen molar-refractivity contribution in [2.75, 3.05) is 13.7 Å². The fraction of sp³-hybridized carbons (Fsp3) is 0.368. The van der Waals surface area contributed by atoms with Gasteiger partial charge < -0.3 is 15.0 Å². The number of amides is 2. The maximum absolute atomic E-state index is 12.7. The highest BCUT2D eigenvalue weighted by Crippen LogP contribution is 2.27. The molecule has 0 unspecified atom stereocenters. The highest BCUT2D eigenvalue weighted by Gasteiger charge is 2.30. The van der Waals surface area contributed by atoms with Crippen LogP contribution < -0.4 is 10.1 Å². The number of fused-ring (bicyclic) bond motifs is 1. The minimum absolute atomic E-state index is 0.0471. The highest BCUT2D eigenvalue weighted by atomic mass is 16.5. The van der Waals surface area contributed by atoms with Crippen LogP contribution in [0.15, 0.2) is 30.5 Å². The SMILES string of the molecule is CCC(=O)NCc1cc2c(nc1OC)CN(CCc1ccccn1)C2=O. The van der Waals surface area contributed by atoms with E-state index in [-0.39, 0.29) is 18.4 Å². The van der Waals surface area contributed by atoms with Crippen molar-refractivity contribution in [3.63, 3.8) is 0 Å². The molecule has 0 aromatic carbocycles. The van der Waals surface area contributed by atoms with Gasteiger partial charge in [0.1, 0.15) is 0 Å². The number of carbonyl (C=O) groups is 2. The molecule has 1 aliphatic heterocycles. The molecule has 2 aromatic heterocycles. The van der Waals surface area contributed by atoms with Crippen LogP contribution in [0.25, 0.3) is 0 Å². The second-order valence-electron chi connectivity index (χ2n) is 6.08. The minimum atomic E-state index is -0.0594. The van der Waals surface area contributed by atoms with Crippen LogP contribution in [0.2, 0.25) is 0 Å². The Bertz CT molecular complexity index is 808. The van der Waals surface area contributed by atoms with Crippen molar-refractivity contribution in [2.24, 2.45) is 0 Å². The predicted octanol–water partition coefficient (Wildman–Crippen LogP) is 1.71. The quantitative estimate of drug-likeness (QED) is 0.818. The smallest absolute Gasteiger partial charge is 0.256 e. The molecule has 7 nitrogen and oxygen atoms in total. The van der Waals surface area contributed by atoms with Crippen molar-refractivity contribution in [3.8, 4) is 5.88 Å². The molecule has 7 heteroatoms. The van der Waals surface area contributed by atoms with Gasteiger partial charge >= 0.3 is 0 Å². The number of methoxy groups -OCH3 is 1. The highest BCUT2D eigenvalue weighted by molar-refractivity contribution is 5.98. The minimum Gasteiger partial charge on any atom is -0.481 e. The van der Waals surface area contributed by atoms with Gasteiger partial charge in [-0.15, -0.1) is 0 Å². The summed E-state index contributed by atoms with van der Waals surface area (Å²) < 4.78 is 5.33. The fourth-order valence-electron chi connectivity index (χ4n) is 2.90. The Morgan fingerprint density at radius 1 is 1.38 bits per heavy atom. The van der Waals surface area contributed by atoms with E-state index in [2.05, 4.69) is 15.3 Å². The topological polar surface area (TPSA) is 84.4 Å². The van der Waals surface area contributed by atoms with Gasteiger partial charge in [0.05, 0.1) is 24.9 Å². The second-order valence-corrected chi connectivity index (χ2v) is 6.08. The molecule has 0 fully saturated rings. The molecule has 0 spiro atoms. The van der Waals surface area contributed by atoms with Gasteiger partial charge in [0.25, 0.3) is 5.91 Å². The summed E-state index contributed by atoms with van der Waals surface area (Å²) in [6, 6.07) is 7.53. The van der Waals surface area contributed by atoms with Crippen LogP contribution in [0.1, 0.15) is 40.7 Å². The maximum Gasteiger partial charge on any atom is 0.256 e. The molecular formula is C19H22N4O3. The van der Waals surface area contributed by atoms with Crippen molar-refractivity contribution < 1.29 is 14.3 Å². The second kappa shape index (κ2) is 7.95. The maximum atomic E-state index is 12.7. The van der Waals surface area contributed by atoms with Crippen molar-refractivity contribution >= 4 is 11.8 Å². The normalized spacial score (nSPS) is 12.8. The Kier molecular flexibility index (Phi) is 5.46. The van der Waals surface area contributed by atoms with Gasteiger partial charge in [-0.25, -0.2) is 4.98 Å². The van der Waals surface area contributed by atoms with Crippen LogP contribution in [0.3, 0.4) is 0 Å². The Hall–Kier alpha value is -2.96. The van der Waals surface area contributed by atoms with Gasteiger partial charge in [-0.05, 0) is 18.2 Å². The van der Waals surface area contributed by atoms with Gasteiger partial charge in [-0.3, -0.25) is 14.6 Å². The molecule has 3 rings (SSSR count). The molecule has 2 amide bonds. The number of nitrogens with zero attached hydrogens (tertiary/aromatic N) is 3. The first-order valence-electron chi connectivity index (χ1n) is 8.65. The molecule has 0 saturated heterocycles. The first-order chi connectivity index (χ1) is 12.6. The third-order valence-corrected chi connectivity index (χ3v) is 4.35. The number of nitrogens with one attached hydrogen (secondary N) is 1. The number of hydrogen-bond acceptors (Lipinski definition) is 5. The predicted molar refractivity (Wildman–Crippen MR) is 95.6 cm³/mol. The van der Waals surface area contributed by atoms with Gasteiger partial charge in [-0.2, -0.15) is 0 Å². The van der Waals surface area contributed by atoms with Crippen LogP contribution in [0.5, 0.6) is 5.88 Å². The van der Waals surface area contributed by atoms with E-state index in [0.29, 0.717) is 48.6 Å². The van der Waals surface area contributed by atoms with Crippen LogP contribution >= 0.6 is 0 Å². The number of rotatable bonds is 7. The van der Waals surface area contributed by atoms with Gasteiger partial charge in [-0.1, -0.05) is 13.0 Å². The Labute approximate surface area is 152 Å². The molecule has 0 atom stereocenters. The van der Waals surface area contributed by atoms with E-state index < -0.39 is 0 Å². The third-order valence-electron chi connectivity index (χ3n) is 4.35. The zero-order valence-electron chi connectivity index (χ0n) is 15.0. The summed E-state index contributed by atoms with van der Waals surface area (Å²) in [7, 11) is 1.54. The Morgan fingerprint density at radius 3 is 2.92 bits per heavy atom. The van der Waals surface area contributed by atoms with E-state index in [0.717, 1.165) is 5.69 Å². The first kappa shape index (κ1) is 17.8. The summed E-state index contributed by atoms with van der Waals surface area (Å²) in [5.74, 6) is 0.338. The zero-order chi connectivity index (χ0) is 18.5. The van der Waals surface area contributed by atoms with E-state index in [1.807, 2.05) is 18.2 Å². The lowest BCUT2D eigenvalue weighted by Gasteiger charge is -2.14. The average Bonchev–Trinajstić information content (AvgIpc) is 2.99. The largest absolute Gasteiger partial charge is 0.481 e. The van der Waals surface area contributed by atoms with Crippen LogP contribution in [-0.4, -0.2) is 40.3 Å². The van der Waals surface area contributed by atoms with Crippen LogP contribution in [-0.2, 0) is 24.3 Å². The summed E-state index contributed by atoms with van der Waals surface area (Å²) in [4.78, 5) is 34.7. The number of aromatic nitrogens is 2. The molecule has 1 aliphatic rings. The molecule has 3 heterocycles. The average molecular weight is 354 g/mol. The summed E-state index contributed by atoms with van der Waals surface area (Å²) in [5.41, 5.74) is 2.93. The van der Waals surface area contributed by atoms with Crippen molar-refractivity contribution in [2.45, 2.75) is 32.9 Å². The molecule has 1 N–H and O–H groups in total. The molecule has 0 radical (unpaired) electrons.